The van der Waals surface area contributed by atoms with Gasteiger partial charge in [0.15, 0.2) is 0 Å². The van der Waals surface area contributed by atoms with Crippen LogP contribution in [0.5, 0.6) is 0 Å². The Labute approximate surface area is 84.6 Å². The topological polar surface area (TPSA) is 52.6 Å². The number of carbonyl (C=O) groups excluding carboxylic acids is 2. The van der Waals surface area contributed by atoms with Crippen molar-refractivity contribution in [2.24, 2.45) is 11.8 Å². The highest BCUT2D eigenvalue weighted by atomic mass is 16.5. The fraction of sp³-hybridized carbons (Fsp3) is 0.800. The Hall–Kier alpha value is -1.06. The zero-order valence-corrected chi connectivity index (χ0v) is 9.20. The number of esters is 2. The average molecular weight is 202 g/mol. The van der Waals surface area contributed by atoms with Gasteiger partial charge in [0.1, 0.15) is 0 Å². The minimum atomic E-state index is -0.281. The molecule has 0 aromatic carbocycles. The normalized spacial score (nSPS) is 14.3. The van der Waals surface area contributed by atoms with Crippen LogP contribution in [0.15, 0.2) is 0 Å². The number of hydrogen-bond donors (Lipinski definition) is 0. The molecule has 2 atom stereocenters. The Balaban J connectivity index is 3.69. The molecule has 0 saturated heterocycles. The molecule has 0 fully saturated rings. The lowest BCUT2D eigenvalue weighted by molar-refractivity contribution is -0.146. The fourth-order valence-electron chi connectivity index (χ4n) is 0.826. The van der Waals surface area contributed by atoms with Gasteiger partial charge in [-0.3, -0.25) is 9.59 Å². The van der Waals surface area contributed by atoms with E-state index in [1.807, 2.05) is 13.8 Å². The van der Waals surface area contributed by atoms with Crippen molar-refractivity contribution in [3.05, 3.63) is 0 Å². The number of rotatable bonds is 5. The lowest BCUT2D eigenvalue weighted by Crippen LogP contribution is -2.21. The van der Waals surface area contributed by atoms with E-state index < -0.39 is 0 Å². The van der Waals surface area contributed by atoms with Crippen LogP contribution in [-0.2, 0) is 19.1 Å². The summed E-state index contributed by atoms with van der Waals surface area (Å²) in [5.74, 6) is -0.176. The van der Waals surface area contributed by atoms with Gasteiger partial charge in [-0.15, -0.1) is 0 Å². The van der Waals surface area contributed by atoms with E-state index in [0.717, 1.165) is 0 Å². The van der Waals surface area contributed by atoms with E-state index in [1.165, 1.54) is 13.8 Å². The van der Waals surface area contributed by atoms with Gasteiger partial charge in [0, 0.05) is 13.8 Å². The lowest BCUT2D eigenvalue weighted by atomic mass is 9.98. The second kappa shape index (κ2) is 6.40. The summed E-state index contributed by atoms with van der Waals surface area (Å²) in [4.78, 5) is 21.1. The summed E-state index contributed by atoms with van der Waals surface area (Å²) in [6, 6.07) is 0. The maximum absolute atomic E-state index is 10.5. The van der Waals surface area contributed by atoms with Crippen LogP contribution in [0.4, 0.5) is 0 Å². The third kappa shape index (κ3) is 6.46. The molecule has 82 valence electrons. The molecule has 0 rings (SSSR count). The minimum absolute atomic E-state index is 0.193. The van der Waals surface area contributed by atoms with Crippen LogP contribution >= 0.6 is 0 Å². The summed E-state index contributed by atoms with van der Waals surface area (Å²) in [6.45, 7) is 7.41. The van der Waals surface area contributed by atoms with Gasteiger partial charge in [-0.25, -0.2) is 0 Å². The molecule has 0 aliphatic heterocycles. The van der Waals surface area contributed by atoms with Crippen molar-refractivity contribution < 1.29 is 19.1 Å². The SMILES string of the molecule is CC(=O)OCC(C)C(C)COC(C)=O. The highest BCUT2D eigenvalue weighted by Gasteiger charge is 2.14. The van der Waals surface area contributed by atoms with Crippen LogP contribution < -0.4 is 0 Å². The Morgan fingerprint density at radius 3 is 1.43 bits per heavy atom. The third-order valence-electron chi connectivity index (χ3n) is 2.07. The number of ether oxygens (including phenoxy) is 2. The summed E-state index contributed by atoms with van der Waals surface area (Å²) in [7, 11) is 0. The molecule has 4 heteroatoms. The van der Waals surface area contributed by atoms with Gasteiger partial charge < -0.3 is 9.47 Å². The van der Waals surface area contributed by atoms with E-state index in [-0.39, 0.29) is 23.8 Å². The zero-order chi connectivity index (χ0) is 11.1. The zero-order valence-electron chi connectivity index (χ0n) is 9.20. The molecule has 0 bridgehead atoms. The molecule has 0 amide bonds. The van der Waals surface area contributed by atoms with Gasteiger partial charge >= 0.3 is 11.9 Å². The first-order valence-electron chi connectivity index (χ1n) is 4.70. The van der Waals surface area contributed by atoms with Crippen molar-refractivity contribution in [3.8, 4) is 0 Å². The molecule has 0 aliphatic rings. The summed E-state index contributed by atoms with van der Waals surface area (Å²) >= 11 is 0. The third-order valence-corrected chi connectivity index (χ3v) is 2.07. The first kappa shape index (κ1) is 12.9. The molecule has 4 nitrogen and oxygen atoms in total. The van der Waals surface area contributed by atoms with E-state index in [2.05, 4.69) is 0 Å². The highest BCUT2D eigenvalue weighted by Crippen LogP contribution is 2.11. The summed E-state index contributed by atoms with van der Waals surface area (Å²) in [6.07, 6.45) is 0. The van der Waals surface area contributed by atoms with Crippen LogP contribution in [0.25, 0.3) is 0 Å². The van der Waals surface area contributed by atoms with Gasteiger partial charge in [-0.1, -0.05) is 13.8 Å². The van der Waals surface area contributed by atoms with Crippen LogP contribution in [0, 0.1) is 11.8 Å². The average Bonchev–Trinajstić information content (AvgIpc) is 2.09. The molecule has 0 saturated carbocycles. The molecular weight excluding hydrogens is 184 g/mol. The maximum Gasteiger partial charge on any atom is 0.302 e. The van der Waals surface area contributed by atoms with Crippen LogP contribution in [0.2, 0.25) is 0 Å². The first-order valence-corrected chi connectivity index (χ1v) is 4.70. The summed E-state index contributed by atoms with van der Waals surface area (Å²) in [5.41, 5.74) is 0. The van der Waals surface area contributed by atoms with Crippen LogP contribution in [0.3, 0.4) is 0 Å². The molecule has 0 aromatic heterocycles. The molecular formula is C10H18O4. The molecule has 2 unspecified atom stereocenters. The number of hydrogen-bond acceptors (Lipinski definition) is 4. The van der Waals surface area contributed by atoms with E-state index in [1.54, 1.807) is 0 Å². The van der Waals surface area contributed by atoms with E-state index >= 15 is 0 Å². The predicted octanol–water partition coefficient (Wildman–Crippen LogP) is 1.38. The van der Waals surface area contributed by atoms with E-state index in [9.17, 15) is 9.59 Å². The van der Waals surface area contributed by atoms with Gasteiger partial charge in [-0.05, 0) is 11.8 Å². The van der Waals surface area contributed by atoms with Crippen molar-refractivity contribution >= 4 is 11.9 Å². The molecule has 0 spiro atoms. The standard InChI is InChI=1S/C10H18O4/c1-7(5-13-9(3)11)8(2)6-14-10(4)12/h7-8H,5-6H2,1-4H3. The molecule has 0 aromatic rings. The van der Waals surface area contributed by atoms with Crippen molar-refractivity contribution in [1.29, 1.82) is 0 Å². The predicted molar refractivity (Wildman–Crippen MR) is 51.6 cm³/mol. The first-order chi connectivity index (χ1) is 6.43. The molecule has 0 heterocycles. The Morgan fingerprint density at radius 1 is 0.929 bits per heavy atom. The summed E-state index contributed by atoms with van der Waals surface area (Å²) < 4.78 is 9.70. The lowest BCUT2D eigenvalue weighted by Gasteiger charge is -2.18. The maximum atomic E-state index is 10.5. The van der Waals surface area contributed by atoms with E-state index in [0.29, 0.717) is 13.2 Å². The van der Waals surface area contributed by atoms with Gasteiger partial charge in [0.25, 0.3) is 0 Å². The van der Waals surface area contributed by atoms with Crippen LogP contribution in [-0.4, -0.2) is 25.2 Å². The van der Waals surface area contributed by atoms with Gasteiger partial charge in [0.05, 0.1) is 13.2 Å². The fourth-order valence-corrected chi connectivity index (χ4v) is 0.826. The highest BCUT2D eigenvalue weighted by molar-refractivity contribution is 5.66. The van der Waals surface area contributed by atoms with Crippen molar-refractivity contribution in [1.82, 2.24) is 0 Å². The minimum Gasteiger partial charge on any atom is -0.466 e. The number of carbonyl (C=O) groups is 2. The smallest absolute Gasteiger partial charge is 0.302 e. The van der Waals surface area contributed by atoms with Crippen molar-refractivity contribution in [2.45, 2.75) is 27.7 Å². The quantitative estimate of drug-likeness (QED) is 0.632. The Bertz CT molecular complexity index is 178. The molecule has 0 radical (unpaired) electrons. The Morgan fingerprint density at radius 2 is 1.21 bits per heavy atom. The van der Waals surface area contributed by atoms with Gasteiger partial charge in [0.2, 0.25) is 0 Å². The monoisotopic (exact) mass is 202 g/mol. The Kier molecular flexibility index (Phi) is 5.92. The van der Waals surface area contributed by atoms with Crippen molar-refractivity contribution in [2.75, 3.05) is 13.2 Å². The van der Waals surface area contributed by atoms with Gasteiger partial charge in [-0.2, -0.15) is 0 Å². The second-order valence-corrected chi connectivity index (χ2v) is 3.56. The van der Waals surface area contributed by atoms with E-state index in [4.69, 9.17) is 9.47 Å². The molecule has 14 heavy (non-hydrogen) atoms. The second-order valence-electron chi connectivity index (χ2n) is 3.56. The van der Waals surface area contributed by atoms with Crippen molar-refractivity contribution in [3.63, 3.8) is 0 Å². The largest absolute Gasteiger partial charge is 0.466 e. The molecule has 0 N–H and O–H groups in total. The summed E-state index contributed by atoms with van der Waals surface area (Å²) in [5, 5.41) is 0. The van der Waals surface area contributed by atoms with Crippen LogP contribution in [0.1, 0.15) is 27.7 Å². The molecule has 0 aliphatic carbocycles.